The molecule has 0 atom stereocenters. The molecule has 0 spiro atoms. The van der Waals surface area contributed by atoms with Gasteiger partial charge in [-0.25, -0.2) is 0 Å². The molecule has 0 saturated carbocycles. The van der Waals surface area contributed by atoms with Gasteiger partial charge in [-0.15, -0.1) is 0 Å². The van der Waals surface area contributed by atoms with Crippen LogP contribution >= 0.6 is 0 Å². The zero-order chi connectivity index (χ0) is 6.24. The largest absolute Gasteiger partial charge is 0.261 e. The van der Waals surface area contributed by atoms with Crippen molar-refractivity contribution < 1.29 is 0 Å². The van der Waals surface area contributed by atoms with Crippen molar-refractivity contribution in [2.45, 2.75) is 0 Å². The van der Waals surface area contributed by atoms with Crippen LogP contribution < -0.4 is 21.7 Å². The Bertz CT molecular complexity index is 33.0. The van der Waals surface area contributed by atoms with Crippen LogP contribution in [0, 0.1) is 0 Å². The third kappa shape index (κ3) is 5.84. The first kappa shape index (κ1) is 7.84. The number of rotatable bonds is 5. The maximum atomic E-state index is 2.93. The quantitative estimate of drug-likeness (QED) is 0.260. The van der Waals surface area contributed by atoms with Gasteiger partial charge in [-0.1, -0.05) is 0 Å². The normalized spacial score (nSPS) is 9.75. The van der Waals surface area contributed by atoms with Crippen molar-refractivity contribution in [3.05, 3.63) is 0 Å². The van der Waals surface area contributed by atoms with Crippen molar-refractivity contribution in [2.24, 2.45) is 0 Å². The number of nitrogens with one attached hydrogen (secondary N) is 4. The van der Waals surface area contributed by atoms with Gasteiger partial charge in [0.1, 0.15) is 0 Å². The van der Waals surface area contributed by atoms with Crippen LogP contribution in [0.5, 0.6) is 0 Å². The molecule has 0 unspecified atom stereocenters. The molecule has 4 nitrogen and oxygen atoms in total. The van der Waals surface area contributed by atoms with Gasteiger partial charge in [0.2, 0.25) is 0 Å². The monoisotopic (exact) mass is 118 g/mol. The molecule has 0 radical (unpaired) electrons. The molecule has 4 heteroatoms. The zero-order valence-corrected chi connectivity index (χ0v) is 5.41. The molecule has 0 amide bonds. The van der Waals surface area contributed by atoms with Crippen LogP contribution in [-0.2, 0) is 0 Å². The predicted octanol–water partition coefficient (Wildman–Crippen LogP) is -1.57. The lowest BCUT2D eigenvalue weighted by atomic mass is 10.7. The van der Waals surface area contributed by atoms with Gasteiger partial charge in [0.25, 0.3) is 0 Å². The van der Waals surface area contributed by atoms with E-state index in [1.165, 1.54) is 0 Å². The van der Waals surface area contributed by atoms with Gasteiger partial charge in [-0.3, -0.25) is 21.7 Å². The average Bonchev–Trinajstić information content (AvgIpc) is 1.81. The Morgan fingerprint density at radius 1 is 0.875 bits per heavy atom. The molecule has 0 aliphatic carbocycles. The SMILES string of the molecule is CNNCCNNC. The standard InChI is InChI=1S/C4H14N4/c1-5-7-3-4-8-6-2/h5-8H,3-4H2,1-2H3. The molecule has 8 heavy (non-hydrogen) atoms. The first-order valence-corrected chi connectivity index (χ1v) is 2.71. The Morgan fingerprint density at radius 2 is 1.25 bits per heavy atom. The topological polar surface area (TPSA) is 48.1 Å². The molecule has 0 fully saturated rings. The minimum atomic E-state index is 0.914. The van der Waals surface area contributed by atoms with E-state index in [0.29, 0.717) is 0 Å². The Hall–Kier alpha value is -0.160. The molecule has 0 saturated heterocycles. The number of hydrogen-bond donors (Lipinski definition) is 4. The second-order valence-corrected chi connectivity index (χ2v) is 1.35. The van der Waals surface area contributed by atoms with E-state index < -0.39 is 0 Å². The van der Waals surface area contributed by atoms with E-state index in [2.05, 4.69) is 21.7 Å². The minimum Gasteiger partial charge on any atom is -0.261 e. The highest BCUT2D eigenvalue weighted by Crippen LogP contribution is 1.46. The van der Waals surface area contributed by atoms with Crippen LogP contribution in [0.15, 0.2) is 0 Å². The average molecular weight is 118 g/mol. The summed E-state index contributed by atoms with van der Waals surface area (Å²) in [5, 5.41) is 0. The summed E-state index contributed by atoms with van der Waals surface area (Å²) in [4.78, 5) is 0. The maximum absolute atomic E-state index is 2.93. The molecule has 0 aliphatic heterocycles. The summed E-state index contributed by atoms with van der Waals surface area (Å²) in [7, 11) is 3.69. The highest BCUT2D eigenvalue weighted by atomic mass is 15.4. The molecule has 4 N–H and O–H groups in total. The van der Waals surface area contributed by atoms with Gasteiger partial charge in [0.15, 0.2) is 0 Å². The molecular formula is C4H14N4. The fourth-order valence-corrected chi connectivity index (χ4v) is 0.375. The van der Waals surface area contributed by atoms with E-state index in [0.717, 1.165) is 13.1 Å². The van der Waals surface area contributed by atoms with Crippen LogP contribution in [0.3, 0.4) is 0 Å². The molecular weight excluding hydrogens is 104 g/mol. The van der Waals surface area contributed by atoms with Crippen molar-refractivity contribution in [2.75, 3.05) is 27.2 Å². The number of hydrogen-bond acceptors (Lipinski definition) is 4. The molecule has 0 aromatic carbocycles. The Balaban J connectivity index is 2.53. The first-order chi connectivity index (χ1) is 3.91. The summed E-state index contributed by atoms with van der Waals surface area (Å²) in [6, 6.07) is 0. The Labute approximate surface area is 50.0 Å². The minimum absolute atomic E-state index is 0.914. The van der Waals surface area contributed by atoms with Crippen molar-refractivity contribution in [3.63, 3.8) is 0 Å². The Morgan fingerprint density at radius 3 is 1.50 bits per heavy atom. The van der Waals surface area contributed by atoms with Gasteiger partial charge >= 0.3 is 0 Å². The lowest BCUT2D eigenvalue weighted by Gasteiger charge is -2.01. The molecule has 0 aromatic rings. The van der Waals surface area contributed by atoms with Crippen molar-refractivity contribution in [3.8, 4) is 0 Å². The van der Waals surface area contributed by atoms with Crippen molar-refractivity contribution in [1.82, 2.24) is 21.7 Å². The second kappa shape index (κ2) is 6.84. The fraction of sp³-hybridized carbons (Fsp3) is 1.00. The van der Waals surface area contributed by atoms with Crippen molar-refractivity contribution in [1.29, 1.82) is 0 Å². The molecule has 50 valence electrons. The predicted molar refractivity (Wildman–Crippen MR) is 34.1 cm³/mol. The molecule has 0 rings (SSSR count). The maximum Gasteiger partial charge on any atom is 0.0239 e. The highest BCUT2D eigenvalue weighted by Gasteiger charge is 1.77. The van der Waals surface area contributed by atoms with E-state index in [1.807, 2.05) is 14.1 Å². The summed E-state index contributed by atoms with van der Waals surface area (Å²) in [6.45, 7) is 1.83. The Kier molecular flexibility index (Phi) is 6.70. The zero-order valence-electron chi connectivity index (χ0n) is 5.41. The van der Waals surface area contributed by atoms with E-state index in [4.69, 9.17) is 0 Å². The highest BCUT2D eigenvalue weighted by molar-refractivity contribution is 4.39. The first-order valence-electron chi connectivity index (χ1n) is 2.71. The fourth-order valence-electron chi connectivity index (χ4n) is 0.375. The van der Waals surface area contributed by atoms with Gasteiger partial charge in [0.05, 0.1) is 0 Å². The third-order valence-corrected chi connectivity index (χ3v) is 0.729. The second-order valence-electron chi connectivity index (χ2n) is 1.35. The third-order valence-electron chi connectivity index (χ3n) is 0.729. The molecule has 0 bridgehead atoms. The van der Waals surface area contributed by atoms with Crippen LogP contribution in [0.2, 0.25) is 0 Å². The van der Waals surface area contributed by atoms with Crippen LogP contribution in [0.25, 0.3) is 0 Å². The lowest BCUT2D eigenvalue weighted by molar-refractivity contribution is 0.526. The molecule has 0 aromatic heterocycles. The molecule has 0 aliphatic rings. The molecule has 0 heterocycles. The number of hydrazine groups is 2. The van der Waals surface area contributed by atoms with E-state index >= 15 is 0 Å². The smallest absolute Gasteiger partial charge is 0.0239 e. The van der Waals surface area contributed by atoms with Crippen LogP contribution in [0.1, 0.15) is 0 Å². The summed E-state index contributed by atoms with van der Waals surface area (Å²) >= 11 is 0. The summed E-state index contributed by atoms with van der Waals surface area (Å²) in [5.74, 6) is 0. The van der Waals surface area contributed by atoms with Crippen LogP contribution in [-0.4, -0.2) is 27.2 Å². The summed E-state index contributed by atoms with van der Waals surface area (Å²) in [5.41, 5.74) is 11.5. The van der Waals surface area contributed by atoms with Crippen LogP contribution in [0.4, 0.5) is 0 Å². The van der Waals surface area contributed by atoms with Gasteiger partial charge in [-0.05, 0) is 14.1 Å². The lowest BCUT2D eigenvalue weighted by Crippen LogP contribution is -2.38. The van der Waals surface area contributed by atoms with E-state index in [-0.39, 0.29) is 0 Å². The summed E-state index contributed by atoms with van der Waals surface area (Å²) < 4.78 is 0. The van der Waals surface area contributed by atoms with Gasteiger partial charge in [-0.2, -0.15) is 0 Å². The van der Waals surface area contributed by atoms with Crippen molar-refractivity contribution >= 4 is 0 Å². The van der Waals surface area contributed by atoms with Gasteiger partial charge in [0, 0.05) is 13.1 Å². The van der Waals surface area contributed by atoms with E-state index in [9.17, 15) is 0 Å². The summed E-state index contributed by atoms with van der Waals surface area (Å²) in [6.07, 6.45) is 0. The van der Waals surface area contributed by atoms with Gasteiger partial charge < -0.3 is 0 Å². The van der Waals surface area contributed by atoms with E-state index in [1.54, 1.807) is 0 Å².